The molecular formula is C18H9ClF4N2O5. The summed E-state index contributed by atoms with van der Waals surface area (Å²) in [5.74, 6) is -9.34. The molecule has 0 unspecified atom stereocenters. The summed E-state index contributed by atoms with van der Waals surface area (Å²) >= 11 is 5.69. The van der Waals surface area contributed by atoms with Gasteiger partial charge in [0.05, 0.1) is 4.92 Å². The molecule has 0 aliphatic carbocycles. The van der Waals surface area contributed by atoms with Gasteiger partial charge in [0.15, 0.2) is 23.1 Å². The van der Waals surface area contributed by atoms with Crippen molar-refractivity contribution in [3.63, 3.8) is 0 Å². The van der Waals surface area contributed by atoms with Crippen LogP contribution < -0.4 is 10.1 Å². The number of anilines is 1. The molecule has 7 nitrogen and oxygen atoms in total. The Labute approximate surface area is 170 Å². The van der Waals surface area contributed by atoms with E-state index in [0.717, 1.165) is 12.1 Å². The lowest BCUT2D eigenvalue weighted by molar-refractivity contribution is -0.383. The molecule has 0 fully saturated rings. The highest BCUT2D eigenvalue weighted by Crippen LogP contribution is 2.29. The monoisotopic (exact) mass is 444 g/mol. The maximum absolute atomic E-state index is 13.6. The molecule has 1 aromatic heterocycles. The van der Waals surface area contributed by atoms with Crippen LogP contribution in [0.5, 0.6) is 5.75 Å². The predicted octanol–water partition coefficient (Wildman–Crippen LogP) is 5.23. The first-order chi connectivity index (χ1) is 14.2. The minimum Gasteiger partial charge on any atom is -0.479 e. The smallest absolute Gasteiger partial charge is 0.294 e. The Morgan fingerprint density at radius 3 is 2.40 bits per heavy atom. The van der Waals surface area contributed by atoms with Crippen LogP contribution in [0.15, 0.2) is 40.8 Å². The number of carbonyl (C=O) groups excluding carboxylic acids is 1. The number of amides is 1. The van der Waals surface area contributed by atoms with Crippen LogP contribution in [-0.4, -0.2) is 10.8 Å². The number of carbonyl (C=O) groups is 1. The van der Waals surface area contributed by atoms with Gasteiger partial charge in [0.25, 0.3) is 11.6 Å². The van der Waals surface area contributed by atoms with E-state index in [1.807, 2.05) is 0 Å². The van der Waals surface area contributed by atoms with Gasteiger partial charge in [-0.3, -0.25) is 14.9 Å². The minimum absolute atomic E-state index is 0.0306. The van der Waals surface area contributed by atoms with Gasteiger partial charge in [-0.05, 0) is 24.3 Å². The Hall–Kier alpha value is -3.60. The standard InChI is InChI=1S/C18H9ClF4N2O5/c19-8-1-3-12(13(5-8)25(27)28)24-18(26)14-4-2-9(30-14)7-29-17-15(22)10(20)6-11(21)16(17)23/h1-6H,7H2,(H,24,26). The number of nitro benzene ring substituents is 1. The molecule has 2 aromatic carbocycles. The first-order valence-corrected chi connectivity index (χ1v) is 8.35. The van der Waals surface area contributed by atoms with E-state index >= 15 is 0 Å². The van der Waals surface area contributed by atoms with Crippen LogP contribution in [0.3, 0.4) is 0 Å². The largest absolute Gasteiger partial charge is 0.479 e. The number of hydrogen-bond acceptors (Lipinski definition) is 5. The molecule has 0 aliphatic rings. The molecule has 0 aliphatic heterocycles. The molecule has 3 aromatic rings. The molecule has 1 N–H and O–H groups in total. The van der Waals surface area contributed by atoms with E-state index in [9.17, 15) is 32.5 Å². The van der Waals surface area contributed by atoms with Gasteiger partial charge in [0, 0.05) is 17.2 Å². The Kier molecular flexibility index (Phi) is 5.92. The highest BCUT2D eigenvalue weighted by molar-refractivity contribution is 6.31. The number of hydrogen-bond donors (Lipinski definition) is 1. The van der Waals surface area contributed by atoms with Crippen LogP contribution in [-0.2, 0) is 6.61 Å². The van der Waals surface area contributed by atoms with Crippen LogP contribution >= 0.6 is 11.6 Å². The van der Waals surface area contributed by atoms with Crippen molar-refractivity contribution in [1.82, 2.24) is 0 Å². The van der Waals surface area contributed by atoms with Gasteiger partial charge in [-0.1, -0.05) is 11.6 Å². The van der Waals surface area contributed by atoms with Crippen molar-refractivity contribution in [2.75, 3.05) is 5.32 Å². The third-order valence-corrected chi connectivity index (χ3v) is 3.96. The summed E-state index contributed by atoms with van der Waals surface area (Å²) < 4.78 is 63.4. The number of furan rings is 1. The molecule has 1 heterocycles. The summed E-state index contributed by atoms with van der Waals surface area (Å²) in [5, 5.41) is 13.4. The van der Waals surface area contributed by atoms with Crippen LogP contribution in [0.2, 0.25) is 5.02 Å². The molecule has 0 bridgehead atoms. The summed E-state index contributed by atoms with van der Waals surface area (Å²) in [6.07, 6.45) is 0. The number of halogens is 5. The fraction of sp³-hybridized carbons (Fsp3) is 0.0556. The minimum atomic E-state index is -1.73. The fourth-order valence-corrected chi connectivity index (χ4v) is 2.51. The molecule has 30 heavy (non-hydrogen) atoms. The maximum Gasteiger partial charge on any atom is 0.294 e. The zero-order valence-corrected chi connectivity index (χ0v) is 15.3. The SMILES string of the molecule is O=C(Nc1ccc(Cl)cc1[N+](=O)[O-])c1ccc(COc2c(F)c(F)cc(F)c2F)o1. The lowest BCUT2D eigenvalue weighted by Crippen LogP contribution is -2.12. The number of rotatable bonds is 6. The average Bonchev–Trinajstić information content (AvgIpc) is 3.17. The lowest BCUT2D eigenvalue weighted by Gasteiger charge is -2.08. The Morgan fingerprint density at radius 1 is 1.10 bits per heavy atom. The molecule has 1 amide bonds. The van der Waals surface area contributed by atoms with E-state index in [2.05, 4.69) is 5.32 Å². The average molecular weight is 445 g/mol. The normalized spacial score (nSPS) is 10.7. The summed E-state index contributed by atoms with van der Waals surface area (Å²) in [5.41, 5.74) is -0.604. The summed E-state index contributed by atoms with van der Waals surface area (Å²) in [6.45, 7) is -0.662. The summed E-state index contributed by atoms with van der Waals surface area (Å²) in [6, 6.07) is 5.98. The van der Waals surface area contributed by atoms with Crippen molar-refractivity contribution >= 4 is 28.9 Å². The molecule has 0 spiro atoms. The van der Waals surface area contributed by atoms with Gasteiger partial charge in [-0.2, -0.15) is 8.78 Å². The van der Waals surface area contributed by atoms with E-state index in [1.165, 1.54) is 18.2 Å². The predicted molar refractivity (Wildman–Crippen MR) is 95.4 cm³/mol. The zero-order valence-electron chi connectivity index (χ0n) is 14.5. The fourth-order valence-electron chi connectivity index (χ4n) is 2.34. The van der Waals surface area contributed by atoms with Gasteiger partial charge < -0.3 is 14.5 Å². The van der Waals surface area contributed by atoms with E-state index in [-0.39, 0.29) is 28.3 Å². The Balaban J connectivity index is 1.73. The lowest BCUT2D eigenvalue weighted by atomic mass is 10.2. The Morgan fingerprint density at radius 2 is 1.77 bits per heavy atom. The van der Waals surface area contributed by atoms with E-state index < -0.39 is 52.1 Å². The number of nitrogens with one attached hydrogen (secondary N) is 1. The third-order valence-electron chi connectivity index (χ3n) is 3.72. The second-order valence-corrected chi connectivity index (χ2v) is 6.16. The summed E-state index contributed by atoms with van der Waals surface area (Å²) in [7, 11) is 0. The van der Waals surface area contributed by atoms with Gasteiger partial charge in [0.1, 0.15) is 18.1 Å². The number of benzene rings is 2. The van der Waals surface area contributed by atoms with Crippen molar-refractivity contribution in [2.24, 2.45) is 0 Å². The van der Waals surface area contributed by atoms with E-state index in [1.54, 1.807) is 0 Å². The van der Waals surface area contributed by atoms with Crippen molar-refractivity contribution in [3.8, 4) is 5.75 Å². The molecule has 12 heteroatoms. The number of nitro groups is 1. The highest BCUT2D eigenvalue weighted by atomic mass is 35.5. The van der Waals surface area contributed by atoms with Crippen LogP contribution in [0.1, 0.15) is 16.3 Å². The highest BCUT2D eigenvalue weighted by Gasteiger charge is 2.22. The second kappa shape index (κ2) is 8.41. The maximum atomic E-state index is 13.6. The van der Waals surface area contributed by atoms with E-state index in [0.29, 0.717) is 0 Å². The number of ether oxygens (including phenoxy) is 1. The second-order valence-electron chi connectivity index (χ2n) is 5.72. The van der Waals surface area contributed by atoms with Gasteiger partial charge in [-0.25, -0.2) is 8.78 Å². The van der Waals surface area contributed by atoms with Gasteiger partial charge >= 0.3 is 0 Å². The molecule has 0 saturated heterocycles. The topological polar surface area (TPSA) is 94.6 Å². The molecule has 0 atom stereocenters. The molecule has 3 rings (SSSR count). The first-order valence-electron chi connectivity index (χ1n) is 7.97. The van der Waals surface area contributed by atoms with Crippen LogP contribution in [0, 0.1) is 33.4 Å². The van der Waals surface area contributed by atoms with Crippen molar-refractivity contribution in [3.05, 3.63) is 86.3 Å². The van der Waals surface area contributed by atoms with Gasteiger partial charge in [0.2, 0.25) is 11.6 Å². The first kappa shape index (κ1) is 21.1. The van der Waals surface area contributed by atoms with Crippen LogP contribution in [0.4, 0.5) is 28.9 Å². The van der Waals surface area contributed by atoms with Crippen molar-refractivity contribution in [2.45, 2.75) is 6.61 Å². The van der Waals surface area contributed by atoms with Crippen molar-refractivity contribution in [1.29, 1.82) is 0 Å². The van der Waals surface area contributed by atoms with Crippen LogP contribution in [0.25, 0.3) is 0 Å². The Bertz CT molecular complexity index is 1130. The quantitative estimate of drug-likeness (QED) is 0.243. The molecule has 0 radical (unpaired) electrons. The van der Waals surface area contributed by atoms with E-state index in [4.69, 9.17) is 20.8 Å². The van der Waals surface area contributed by atoms with Gasteiger partial charge in [-0.15, -0.1) is 0 Å². The third kappa shape index (κ3) is 4.35. The molecular weight excluding hydrogens is 436 g/mol. The zero-order chi connectivity index (χ0) is 22.0. The van der Waals surface area contributed by atoms with Crippen molar-refractivity contribution < 1.29 is 36.4 Å². The molecule has 156 valence electrons. The number of nitrogens with zero attached hydrogens (tertiary/aromatic N) is 1. The summed E-state index contributed by atoms with van der Waals surface area (Å²) in [4.78, 5) is 22.6. The molecule has 0 saturated carbocycles.